The maximum absolute atomic E-state index is 11.9. The third-order valence-corrected chi connectivity index (χ3v) is 3.58. The van der Waals surface area contributed by atoms with Gasteiger partial charge in [-0.2, -0.15) is 0 Å². The van der Waals surface area contributed by atoms with Crippen LogP contribution >= 0.6 is 11.6 Å². The number of nitrogens with one attached hydrogen (secondary N) is 2. The molecule has 0 saturated carbocycles. The highest BCUT2D eigenvalue weighted by atomic mass is 35.5. The summed E-state index contributed by atoms with van der Waals surface area (Å²) in [5.41, 5.74) is 0.967. The topological polar surface area (TPSA) is 71.8 Å². The third-order valence-electron chi connectivity index (χ3n) is 3.35. The molecule has 0 bridgehead atoms. The van der Waals surface area contributed by atoms with Crippen LogP contribution in [0, 0.1) is 0 Å². The normalized spacial score (nSPS) is 12.0. The molecule has 22 heavy (non-hydrogen) atoms. The van der Waals surface area contributed by atoms with E-state index >= 15 is 0 Å². The van der Waals surface area contributed by atoms with Crippen LogP contribution in [0.5, 0.6) is 0 Å². The number of aromatic nitrogens is 3. The maximum Gasteiger partial charge on any atom is 0.315 e. The molecule has 1 heterocycles. The van der Waals surface area contributed by atoms with Crippen LogP contribution < -0.4 is 10.6 Å². The summed E-state index contributed by atoms with van der Waals surface area (Å²) in [7, 11) is 0. The van der Waals surface area contributed by atoms with Crippen LogP contribution in [0.2, 0.25) is 5.02 Å². The summed E-state index contributed by atoms with van der Waals surface area (Å²) in [5.74, 6) is 0.912. The molecular weight excluding hydrogens is 302 g/mol. The molecule has 1 aromatic heterocycles. The van der Waals surface area contributed by atoms with Gasteiger partial charge in [0.25, 0.3) is 0 Å². The van der Waals surface area contributed by atoms with E-state index in [0.29, 0.717) is 18.1 Å². The Balaban J connectivity index is 1.78. The second-order valence-electron chi connectivity index (χ2n) is 4.97. The van der Waals surface area contributed by atoms with Crippen molar-refractivity contribution in [2.45, 2.75) is 32.9 Å². The Kier molecular flexibility index (Phi) is 5.77. The molecule has 0 aliphatic heterocycles. The van der Waals surface area contributed by atoms with Crippen molar-refractivity contribution in [1.82, 2.24) is 25.4 Å². The van der Waals surface area contributed by atoms with E-state index < -0.39 is 0 Å². The Bertz CT molecular complexity index is 628. The number of benzene rings is 1. The van der Waals surface area contributed by atoms with Gasteiger partial charge >= 0.3 is 6.03 Å². The van der Waals surface area contributed by atoms with Crippen molar-refractivity contribution in [2.24, 2.45) is 0 Å². The summed E-state index contributed by atoms with van der Waals surface area (Å²) >= 11 is 5.95. The van der Waals surface area contributed by atoms with E-state index in [2.05, 4.69) is 20.8 Å². The van der Waals surface area contributed by atoms with Gasteiger partial charge in [0.05, 0.1) is 6.04 Å². The summed E-state index contributed by atoms with van der Waals surface area (Å²) in [4.78, 5) is 11.9. The monoisotopic (exact) mass is 321 g/mol. The molecule has 7 heteroatoms. The number of carbonyl (C=O) groups excluding carboxylic acids is 1. The van der Waals surface area contributed by atoms with Gasteiger partial charge in [0, 0.05) is 24.5 Å². The molecule has 6 nitrogen and oxygen atoms in total. The van der Waals surface area contributed by atoms with Crippen LogP contribution in [0.15, 0.2) is 30.6 Å². The van der Waals surface area contributed by atoms with Crippen LogP contribution in [0.1, 0.15) is 31.3 Å². The Morgan fingerprint density at radius 1 is 1.45 bits per heavy atom. The fraction of sp³-hybridized carbons (Fsp3) is 0.400. The number of hydrogen-bond acceptors (Lipinski definition) is 3. The minimum absolute atomic E-state index is 0.111. The van der Waals surface area contributed by atoms with Gasteiger partial charge in [-0.25, -0.2) is 4.79 Å². The average molecular weight is 322 g/mol. The predicted molar refractivity (Wildman–Crippen MR) is 85.8 cm³/mol. The average Bonchev–Trinajstić information content (AvgIpc) is 2.94. The number of carbonyl (C=O) groups is 1. The number of nitrogens with zero attached hydrogens (tertiary/aromatic N) is 3. The fourth-order valence-corrected chi connectivity index (χ4v) is 2.34. The number of amides is 2. The minimum atomic E-state index is -0.210. The lowest BCUT2D eigenvalue weighted by molar-refractivity contribution is 0.237. The molecule has 0 spiro atoms. The Labute approximate surface area is 134 Å². The first-order chi connectivity index (χ1) is 10.6. The molecule has 0 saturated heterocycles. The van der Waals surface area contributed by atoms with Crippen molar-refractivity contribution >= 4 is 17.6 Å². The Hall–Kier alpha value is -2.08. The quantitative estimate of drug-likeness (QED) is 0.859. The molecule has 1 aromatic carbocycles. The molecule has 0 aliphatic carbocycles. The largest absolute Gasteiger partial charge is 0.336 e. The standard InChI is InChI=1S/C15H20ClN5O/c1-3-14-20-18-10-21(14)8-7-17-15(22)19-11(2)12-5-4-6-13(16)9-12/h4-6,9-11H,3,7-8H2,1-2H3,(H2,17,19,22). The zero-order valence-corrected chi connectivity index (χ0v) is 13.5. The van der Waals surface area contributed by atoms with E-state index in [0.717, 1.165) is 17.8 Å². The smallest absolute Gasteiger partial charge is 0.315 e. The highest BCUT2D eigenvalue weighted by Crippen LogP contribution is 2.16. The summed E-state index contributed by atoms with van der Waals surface area (Å²) in [6, 6.07) is 7.13. The van der Waals surface area contributed by atoms with Gasteiger partial charge in [0.2, 0.25) is 0 Å². The zero-order chi connectivity index (χ0) is 15.9. The van der Waals surface area contributed by atoms with E-state index in [9.17, 15) is 4.79 Å². The zero-order valence-electron chi connectivity index (χ0n) is 12.7. The summed E-state index contributed by atoms with van der Waals surface area (Å²) in [6.07, 6.45) is 2.49. The Morgan fingerprint density at radius 2 is 2.27 bits per heavy atom. The first-order valence-electron chi connectivity index (χ1n) is 7.26. The van der Waals surface area contributed by atoms with Crippen LogP contribution in [-0.2, 0) is 13.0 Å². The molecule has 1 unspecified atom stereocenters. The molecule has 0 aliphatic rings. The molecular formula is C15H20ClN5O. The van der Waals surface area contributed by atoms with E-state index in [-0.39, 0.29) is 12.1 Å². The SMILES string of the molecule is CCc1nncn1CCNC(=O)NC(C)c1cccc(Cl)c1. The molecule has 2 N–H and O–H groups in total. The lowest BCUT2D eigenvalue weighted by atomic mass is 10.1. The van der Waals surface area contributed by atoms with Crippen molar-refractivity contribution in [3.8, 4) is 0 Å². The van der Waals surface area contributed by atoms with Gasteiger partial charge in [-0.15, -0.1) is 10.2 Å². The van der Waals surface area contributed by atoms with Crippen LogP contribution in [0.3, 0.4) is 0 Å². The van der Waals surface area contributed by atoms with Crippen molar-refractivity contribution in [3.05, 3.63) is 47.0 Å². The molecule has 2 rings (SSSR count). The van der Waals surface area contributed by atoms with Gasteiger partial charge < -0.3 is 15.2 Å². The van der Waals surface area contributed by atoms with Crippen LogP contribution in [0.25, 0.3) is 0 Å². The first kappa shape index (κ1) is 16.3. The number of aryl methyl sites for hydroxylation is 1. The highest BCUT2D eigenvalue weighted by molar-refractivity contribution is 6.30. The van der Waals surface area contributed by atoms with Crippen LogP contribution in [-0.4, -0.2) is 27.3 Å². The van der Waals surface area contributed by atoms with E-state index in [1.807, 2.05) is 42.7 Å². The van der Waals surface area contributed by atoms with Crippen LogP contribution in [0.4, 0.5) is 4.79 Å². The van der Waals surface area contributed by atoms with Crippen molar-refractivity contribution in [3.63, 3.8) is 0 Å². The highest BCUT2D eigenvalue weighted by Gasteiger charge is 2.09. The lowest BCUT2D eigenvalue weighted by Crippen LogP contribution is -2.38. The molecule has 0 fully saturated rings. The Morgan fingerprint density at radius 3 is 3.00 bits per heavy atom. The number of rotatable bonds is 6. The third kappa shape index (κ3) is 4.46. The molecule has 2 aromatic rings. The van der Waals surface area contributed by atoms with Gasteiger partial charge in [0.1, 0.15) is 12.2 Å². The minimum Gasteiger partial charge on any atom is -0.336 e. The van der Waals surface area contributed by atoms with Gasteiger partial charge in [-0.05, 0) is 24.6 Å². The van der Waals surface area contributed by atoms with E-state index in [1.54, 1.807) is 6.33 Å². The van der Waals surface area contributed by atoms with E-state index in [4.69, 9.17) is 11.6 Å². The molecule has 2 amide bonds. The van der Waals surface area contributed by atoms with Gasteiger partial charge in [0.15, 0.2) is 0 Å². The summed E-state index contributed by atoms with van der Waals surface area (Å²) in [6.45, 7) is 5.10. The van der Waals surface area contributed by atoms with Crippen molar-refractivity contribution in [1.29, 1.82) is 0 Å². The van der Waals surface area contributed by atoms with E-state index in [1.165, 1.54) is 0 Å². The summed E-state index contributed by atoms with van der Waals surface area (Å²) < 4.78 is 1.93. The molecule has 0 radical (unpaired) electrons. The second kappa shape index (κ2) is 7.79. The maximum atomic E-state index is 11.9. The number of urea groups is 1. The second-order valence-corrected chi connectivity index (χ2v) is 5.41. The van der Waals surface area contributed by atoms with Crippen molar-refractivity contribution < 1.29 is 4.79 Å². The fourth-order valence-electron chi connectivity index (χ4n) is 2.14. The van der Waals surface area contributed by atoms with Gasteiger partial charge in [-0.3, -0.25) is 0 Å². The molecule has 1 atom stereocenters. The predicted octanol–water partition coefficient (Wildman–Crippen LogP) is 2.55. The first-order valence-corrected chi connectivity index (χ1v) is 7.64. The number of halogens is 1. The lowest BCUT2D eigenvalue weighted by Gasteiger charge is -2.15. The number of hydrogen-bond donors (Lipinski definition) is 2. The van der Waals surface area contributed by atoms with Crippen molar-refractivity contribution in [2.75, 3.05) is 6.54 Å². The summed E-state index contributed by atoms with van der Waals surface area (Å²) in [5, 5.41) is 14.2. The molecule has 118 valence electrons. The van der Waals surface area contributed by atoms with Gasteiger partial charge in [-0.1, -0.05) is 30.7 Å².